The number of aromatic amines is 1. The number of nitrogens with zero attached hydrogens (tertiary/aromatic N) is 2. The molecular weight excluding hydrogens is 306 g/mol. The molecule has 1 aromatic carbocycles. The van der Waals surface area contributed by atoms with E-state index in [0.29, 0.717) is 0 Å². The third-order valence-electron chi connectivity index (χ3n) is 3.92. The lowest BCUT2D eigenvalue weighted by Crippen LogP contribution is -2.29. The SMILES string of the molecule is COCCN(CCc1nc2ccc(C)cc2[nH]1)Cc1cccs1. The van der Waals surface area contributed by atoms with Crippen molar-refractivity contribution in [1.82, 2.24) is 14.9 Å². The molecule has 3 rings (SSSR count). The maximum atomic E-state index is 5.24. The van der Waals surface area contributed by atoms with Crippen molar-refractivity contribution in [3.8, 4) is 0 Å². The zero-order chi connectivity index (χ0) is 16.1. The number of H-pyrrole nitrogens is 1. The molecule has 1 N–H and O–H groups in total. The molecule has 0 fully saturated rings. The Hall–Kier alpha value is -1.69. The predicted molar refractivity (Wildman–Crippen MR) is 96.0 cm³/mol. The van der Waals surface area contributed by atoms with Crippen molar-refractivity contribution in [2.75, 3.05) is 26.8 Å². The normalized spacial score (nSPS) is 11.6. The van der Waals surface area contributed by atoms with Gasteiger partial charge in [0.15, 0.2) is 0 Å². The molecule has 0 aliphatic carbocycles. The summed E-state index contributed by atoms with van der Waals surface area (Å²) in [5.41, 5.74) is 3.43. The van der Waals surface area contributed by atoms with Gasteiger partial charge in [0, 0.05) is 38.0 Å². The van der Waals surface area contributed by atoms with E-state index >= 15 is 0 Å². The van der Waals surface area contributed by atoms with Crippen LogP contribution >= 0.6 is 11.3 Å². The van der Waals surface area contributed by atoms with Crippen LogP contribution in [0.1, 0.15) is 16.3 Å². The van der Waals surface area contributed by atoms with Gasteiger partial charge in [-0.2, -0.15) is 0 Å². The molecular formula is C18H23N3OS. The molecule has 0 spiro atoms. The summed E-state index contributed by atoms with van der Waals surface area (Å²) in [5.74, 6) is 1.05. The molecule has 0 saturated heterocycles. The van der Waals surface area contributed by atoms with Gasteiger partial charge in [0.1, 0.15) is 5.82 Å². The zero-order valence-electron chi connectivity index (χ0n) is 13.7. The van der Waals surface area contributed by atoms with Crippen LogP contribution in [0.4, 0.5) is 0 Å². The van der Waals surface area contributed by atoms with E-state index in [-0.39, 0.29) is 0 Å². The molecule has 0 bridgehead atoms. The lowest BCUT2D eigenvalue weighted by molar-refractivity contribution is 0.145. The molecule has 2 aromatic heterocycles. The van der Waals surface area contributed by atoms with Gasteiger partial charge in [0.25, 0.3) is 0 Å². The van der Waals surface area contributed by atoms with E-state index in [4.69, 9.17) is 9.72 Å². The fourth-order valence-corrected chi connectivity index (χ4v) is 3.42. The fraction of sp³-hybridized carbons (Fsp3) is 0.389. The number of aromatic nitrogens is 2. The molecule has 2 heterocycles. The first-order valence-electron chi connectivity index (χ1n) is 7.93. The second kappa shape index (κ2) is 7.73. The average Bonchev–Trinajstić information content (AvgIpc) is 3.18. The maximum Gasteiger partial charge on any atom is 0.108 e. The standard InChI is InChI=1S/C18H23N3OS/c1-14-5-6-16-17(12-14)20-18(19-16)7-8-21(9-10-22-2)13-15-4-3-11-23-15/h3-6,11-12H,7-10,13H2,1-2H3,(H,19,20). The second-order valence-electron chi connectivity index (χ2n) is 5.80. The summed E-state index contributed by atoms with van der Waals surface area (Å²) in [6.07, 6.45) is 0.919. The molecule has 0 radical (unpaired) electrons. The minimum atomic E-state index is 0.755. The first kappa shape index (κ1) is 16.2. The number of fused-ring (bicyclic) bond motifs is 1. The van der Waals surface area contributed by atoms with Gasteiger partial charge in [0.2, 0.25) is 0 Å². The summed E-state index contributed by atoms with van der Waals surface area (Å²) in [7, 11) is 1.75. The molecule has 0 amide bonds. The van der Waals surface area contributed by atoms with Crippen LogP contribution in [0, 0.1) is 6.92 Å². The molecule has 0 saturated carbocycles. The van der Waals surface area contributed by atoms with E-state index in [1.54, 1.807) is 18.4 Å². The van der Waals surface area contributed by atoms with Crippen molar-refractivity contribution in [2.24, 2.45) is 0 Å². The van der Waals surface area contributed by atoms with Crippen LogP contribution in [0.2, 0.25) is 0 Å². The monoisotopic (exact) mass is 329 g/mol. The molecule has 5 heteroatoms. The number of imidazole rings is 1. The van der Waals surface area contributed by atoms with Crippen molar-refractivity contribution in [3.63, 3.8) is 0 Å². The highest BCUT2D eigenvalue weighted by molar-refractivity contribution is 7.09. The van der Waals surface area contributed by atoms with Crippen LogP contribution in [0.25, 0.3) is 11.0 Å². The van der Waals surface area contributed by atoms with Crippen molar-refractivity contribution in [3.05, 3.63) is 52.0 Å². The summed E-state index contributed by atoms with van der Waals surface area (Å²) in [5, 5.41) is 2.13. The predicted octanol–water partition coefficient (Wildman–Crippen LogP) is 3.62. The van der Waals surface area contributed by atoms with E-state index in [2.05, 4.69) is 52.5 Å². The molecule has 4 nitrogen and oxygen atoms in total. The minimum absolute atomic E-state index is 0.755. The summed E-state index contributed by atoms with van der Waals surface area (Å²) in [6, 6.07) is 10.6. The number of rotatable bonds is 8. The zero-order valence-corrected chi connectivity index (χ0v) is 14.5. The smallest absolute Gasteiger partial charge is 0.108 e. The fourth-order valence-electron chi connectivity index (χ4n) is 2.67. The Bertz CT molecular complexity index is 736. The van der Waals surface area contributed by atoms with Crippen molar-refractivity contribution in [2.45, 2.75) is 19.9 Å². The highest BCUT2D eigenvalue weighted by Crippen LogP contribution is 2.15. The number of hydrogen-bond acceptors (Lipinski definition) is 4. The van der Waals surface area contributed by atoms with Crippen LogP contribution in [-0.4, -0.2) is 41.7 Å². The number of aryl methyl sites for hydroxylation is 1. The highest BCUT2D eigenvalue weighted by atomic mass is 32.1. The van der Waals surface area contributed by atoms with Gasteiger partial charge in [-0.25, -0.2) is 4.98 Å². The van der Waals surface area contributed by atoms with Crippen molar-refractivity contribution >= 4 is 22.4 Å². The third kappa shape index (κ3) is 4.41. The Labute approximate surface area is 141 Å². The largest absolute Gasteiger partial charge is 0.383 e. The molecule has 23 heavy (non-hydrogen) atoms. The van der Waals surface area contributed by atoms with E-state index < -0.39 is 0 Å². The van der Waals surface area contributed by atoms with E-state index in [9.17, 15) is 0 Å². The molecule has 122 valence electrons. The van der Waals surface area contributed by atoms with Gasteiger partial charge in [-0.15, -0.1) is 11.3 Å². The highest BCUT2D eigenvalue weighted by Gasteiger charge is 2.09. The topological polar surface area (TPSA) is 41.1 Å². The van der Waals surface area contributed by atoms with Gasteiger partial charge in [-0.05, 0) is 36.1 Å². The van der Waals surface area contributed by atoms with Crippen molar-refractivity contribution < 1.29 is 4.74 Å². The van der Waals surface area contributed by atoms with E-state index in [0.717, 1.165) is 49.5 Å². The number of methoxy groups -OCH3 is 1. The Morgan fingerprint density at radius 2 is 2.17 bits per heavy atom. The quantitative estimate of drug-likeness (QED) is 0.686. The van der Waals surface area contributed by atoms with E-state index in [1.165, 1.54) is 10.4 Å². The van der Waals surface area contributed by atoms with Gasteiger partial charge < -0.3 is 9.72 Å². The number of thiophene rings is 1. The molecule has 0 aliphatic heterocycles. The lowest BCUT2D eigenvalue weighted by Gasteiger charge is -2.20. The van der Waals surface area contributed by atoms with Gasteiger partial charge in [-0.3, -0.25) is 4.90 Å². The van der Waals surface area contributed by atoms with Gasteiger partial charge in [0.05, 0.1) is 17.6 Å². The Morgan fingerprint density at radius 1 is 1.26 bits per heavy atom. The summed E-state index contributed by atoms with van der Waals surface area (Å²) < 4.78 is 5.24. The van der Waals surface area contributed by atoms with Crippen LogP contribution in [0.3, 0.4) is 0 Å². The Balaban J connectivity index is 1.64. The Kier molecular flexibility index (Phi) is 5.43. The summed E-state index contributed by atoms with van der Waals surface area (Å²) in [6.45, 7) is 5.74. The number of hydrogen-bond donors (Lipinski definition) is 1. The number of benzene rings is 1. The first-order chi connectivity index (χ1) is 11.2. The minimum Gasteiger partial charge on any atom is -0.383 e. The van der Waals surface area contributed by atoms with Crippen LogP contribution in [0.15, 0.2) is 35.7 Å². The summed E-state index contributed by atoms with van der Waals surface area (Å²) >= 11 is 1.81. The molecule has 0 unspecified atom stereocenters. The average molecular weight is 329 g/mol. The van der Waals surface area contributed by atoms with Crippen molar-refractivity contribution in [1.29, 1.82) is 0 Å². The number of ether oxygens (including phenoxy) is 1. The van der Waals surface area contributed by atoms with Crippen LogP contribution < -0.4 is 0 Å². The van der Waals surface area contributed by atoms with E-state index in [1.807, 2.05) is 0 Å². The second-order valence-corrected chi connectivity index (χ2v) is 6.83. The van der Waals surface area contributed by atoms with Crippen LogP contribution in [0.5, 0.6) is 0 Å². The van der Waals surface area contributed by atoms with Gasteiger partial charge >= 0.3 is 0 Å². The maximum absolute atomic E-state index is 5.24. The third-order valence-corrected chi connectivity index (χ3v) is 4.78. The molecule has 3 aromatic rings. The lowest BCUT2D eigenvalue weighted by atomic mass is 10.2. The molecule has 0 aliphatic rings. The molecule has 0 atom stereocenters. The first-order valence-corrected chi connectivity index (χ1v) is 8.81. The number of nitrogens with one attached hydrogen (secondary N) is 1. The van der Waals surface area contributed by atoms with Crippen LogP contribution in [-0.2, 0) is 17.7 Å². The summed E-state index contributed by atoms with van der Waals surface area (Å²) in [4.78, 5) is 11.9. The van der Waals surface area contributed by atoms with Gasteiger partial charge in [-0.1, -0.05) is 12.1 Å². The Morgan fingerprint density at radius 3 is 2.96 bits per heavy atom.